The van der Waals surface area contributed by atoms with Crippen LogP contribution in [0.15, 0.2) is 0 Å². The van der Waals surface area contributed by atoms with Crippen LogP contribution >= 0.6 is 0 Å². The first kappa shape index (κ1) is 14.2. The van der Waals surface area contributed by atoms with E-state index in [1.54, 1.807) is 18.9 Å². The van der Waals surface area contributed by atoms with Crippen molar-refractivity contribution in [3.63, 3.8) is 0 Å². The van der Waals surface area contributed by atoms with Crippen molar-refractivity contribution < 1.29 is 9.90 Å². The van der Waals surface area contributed by atoms with Crippen LogP contribution in [0.3, 0.4) is 0 Å². The zero-order valence-corrected chi connectivity index (χ0v) is 10.4. The predicted octanol–water partition coefficient (Wildman–Crippen LogP) is 1.44. The Morgan fingerprint density at radius 1 is 1.33 bits per heavy atom. The van der Waals surface area contributed by atoms with Crippen molar-refractivity contribution in [1.29, 1.82) is 0 Å². The third kappa shape index (κ3) is 6.33. The molecule has 0 rings (SSSR count). The highest BCUT2D eigenvalue weighted by Gasteiger charge is 2.14. The summed E-state index contributed by atoms with van der Waals surface area (Å²) in [5.74, 6) is 0.430. The van der Waals surface area contributed by atoms with Gasteiger partial charge in [-0.05, 0) is 26.2 Å². The molecule has 2 amide bonds. The Kier molecular flexibility index (Phi) is 6.32. The zero-order valence-electron chi connectivity index (χ0n) is 10.4. The predicted molar refractivity (Wildman–Crippen MR) is 61.8 cm³/mol. The molecule has 0 radical (unpaired) electrons. The van der Waals surface area contributed by atoms with Gasteiger partial charge in [0.15, 0.2) is 0 Å². The van der Waals surface area contributed by atoms with Gasteiger partial charge in [-0.1, -0.05) is 13.8 Å². The SMILES string of the molecule is CC(O)CCN(C)C(=O)NC(C)C(C)C. The summed E-state index contributed by atoms with van der Waals surface area (Å²) in [6, 6.07) is 0.100. The molecule has 4 heteroatoms. The summed E-state index contributed by atoms with van der Waals surface area (Å²) in [5.41, 5.74) is 0. The van der Waals surface area contributed by atoms with Crippen molar-refractivity contribution in [3.8, 4) is 0 Å². The van der Waals surface area contributed by atoms with Crippen LogP contribution in [0.4, 0.5) is 4.79 Å². The molecule has 0 bridgehead atoms. The second-order valence-corrected chi connectivity index (χ2v) is 4.54. The lowest BCUT2D eigenvalue weighted by atomic mass is 10.1. The van der Waals surface area contributed by atoms with Crippen LogP contribution in [-0.2, 0) is 0 Å². The van der Waals surface area contributed by atoms with Gasteiger partial charge in [0.05, 0.1) is 6.10 Å². The molecule has 0 fully saturated rings. The van der Waals surface area contributed by atoms with E-state index < -0.39 is 0 Å². The number of amides is 2. The third-order valence-electron chi connectivity index (χ3n) is 2.58. The van der Waals surface area contributed by atoms with Crippen LogP contribution in [0.5, 0.6) is 0 Å². The largest absolute Gasteiger partial charge is 0.393 e. The second-order valence-electron chi connectivity index (χ2n) is 4.54. The van der Waals surface area contributed by atoms with E-state index in [4.69, 9.17) is 5.11 Å². The van der Waals surface area contributed by atoms with E-state index in [0.29, 0.717) is 18.9 Å². The molecular formula is C11H24N2O2. The van der Waals surface area contributed by atoms with Crippen LogP contribution in [0.2, 0.25) is 0 Å². The van der Waals surface area contributed by atoms with Gasteiger partial charge < -0.3 is 15.3 Å². The molecule has 4 nitrogen and oxygen atoms in total. The molecule has 2 unspecified atom stereocenters. The summed E-state index contributed by atoms with van der Waals surface area (Å²) in [5, 5.41) is 12.0. The minimum absolute atomic E-state index is 0.0724. The maximum atomic E-state index is 11.6. The van der Waals surface area contributed by atoms with E-state index >= 15 is 0 Å². The van der Waals surface area contributed by atoms with E-state index in [0.717, 1.165) is 0 Å². The summed E-state index contributed by atoms with van der Waals surface area (Å²) in [6.45, 7) is 8.43. The van der Waals surface area contributed by atoms with Crippen LogP contribution in [0.25, 0.3) is 0 Å². The molecule has 2 atom stereocenters. The first-order valence-corrected chi connectivity index (χ1v) is 5.54. The van der Waals surface area contributed by atoms with Gasteiger partial charge in [-0.15, -0.1) is 0 Å². The minimum atomic E-state index is -0.359. The van der Waals surface area contributed by atoms with Crippen LogP contribution < -0.4 is 5.32 Å². The number of carbonyl (C=O) groups is 1. The monoisotopic (exact) mass is 216 g/mol. The summed E-state index contributed by atoms with van der Waals surface area (Å²) in [4.78, 5) is 13.2. The average Bonchev–Trinajstić information content (AvgIpc) is 2.13. The van der Waals surface area contributed by atoms with Crippen molar-refractivity contribution in [2.24, 2.45) is 5.92 Å². The van der Waals surface area contributed by atoms with E-state index in [2.05, 4.69) is 19.2 Å². The fraction of sp³-hybridized carbons (Fsp3) is 0.909. The van der Waals surface area contributed by atoms with E-state index in [-0.39, 0.29) is 18.2 Å². The highest BCUT2D eigenvalue weighted by molar-refractivity contribution is 5.74. The van der Waals surface area contributed by atoms with Crippen LogP contribution in [0.1, 0.15) is 34.1 Å². The number of hydrogen-bond donors (Lipinski definition) is 2. The van der Waals surface area contributed by atoms with Gasteiger partial charge in [0.2, 0.25) is 0 Å². The smallest absolute Gasteiger partial charge is 0.317 e. The van der Waals surface area contributed by atoms with Gasteiger partial charge in [0, 0.05) is 19.6 Å². The standard InChI is InChI=1S/C11H24N2O2/c1-8(2)10(4)12-11(15)13(5)7-6-9(3)14/h8-10,14H,6-7H2,1-5H3,(H,12,15). The molecule has 90 valence electrons. The molecule has 0 aromatic rings. The van der Waals surface area contributed by atoms with Crippen molar-refractivity contribution in [1.82, 2.24) is 10.2 Å². The Bertz CT molecular complexity index is 193. The molecule has 0 spiro atoms. The molecule has 0 heterocycles. The number of carbonyl (C=O) groups excluding carboxylic acids is 1. The molecule has 0 saturated heterocycles. The van der Waals surface area contributed by atoms with Gasteiger partial charge in [-0.25, -0.2) is 4.79 Å². The Morgan fingerprint density at radius 2 is 1.87 bits per heavy atom. The Balaban J connectivity index is 3.88. The number of nitrogens with zero attached hydrogens (tertiary/aromatic N) is 1. The molecule has 0 aliphatic carbocycles. The van der Waals surface area contributed by atoms with Crippen LogP contribution in [0, 0.1) is 5.92 Å². The molecule has 0 aromatic carbocycles. The topological polar surface area (TPSA) is 52.6 Å². The summed E-state index contributed by atoms with van der Waals surface area (Å²) in [7, 11) is 1.74. The summed E-state index contributed by atoms with van der Waals surface area (Å²) in [6.07, 6.45) is 0.253. The maximum Gasteiger partial charge on any atom is 0.317 e. The highest BCUT2D eigenvalue weighted by Crippen LogP contribution is 2.01. The van der Waals surface area contributed by atoms with Gasteiger partial charge >= 0.3 is 6.03 Å². The fourth-order valence-electron chi connectivity index (χ4n) is 0.954. The number of aliphatic hydroxyl groups excluding tert-OH is 1. The molecule has 15 heavy (non-hydrogen) atoms. The first-order valence-electron chi connectivity index (χ1n) is 5.54. The molecular weight excluding hydrogens is 192 g/mol. The summed E-state index contributed by atoms with van der Waals surface area (Å²) >= 11 is 0. The second kappa shape index (κ2) is 6.67. The molecule has 0 aliphatic heterocycles. The van der Waals surface area contributed by atoms with Gasteiger partial charge in [0.25, 0.3) is 0 Å². The number of nitrogens with one attached hydrogen (secondary N) is 1. The lowest BCUT2D eigenvalue weighted by Crippen LogP contribution is -2.44. The van der Waals surface area contributed by atoms with Crippen molar-refractivity contribution in [2.45, 2.75) is 46.3 Å². The number of hydrogen-bond acceptors (Lipinski definition) is 2. The van der Waals surface area contributed by atoms with Crippen molar-refractivity contribution >= 4 is 6.03 Å². The Hall–Kier alpha value is -0.770. The van der Waals surface area contributed by atoms with E-state index in [1.165, 1.54) is 0 Å². The normalized spacial score (nSPS) is 14.9. The van der Waals surface area contributed by atoms with Gasteiger partial charge in [-0.2, -0.15) is 0 Å². The Morgan fingerprint density at radius 3 is 2.27 bits per heavy atom. The first-order chi connectivity index (χ1) is 6.84. The van der Waals surface area contributed by atoms with Crippen LogP contribution in [-0.4, -0.2) is 41.8 Å². The summed E-state index contributed by atoms with van der Waals surface area (Å²) < 4.78 is 0. The van der Waals surface area contributed by atoms with Crippen molar-refractivity contribution in [3.05, 3.63) is 0 Å². The zero-order chi connectivity index (χ0) is 12.0. The molecule has 0 aliphatic rings. The quantitative estimate of drug-likeness (QED) is 0.730. The fourth-order valence-corrected chi connectivity index (χ4v) is 0.954. The highest BCUT2D eigenvalue weighted by atomic mass is 16.3. The Labute approximate surface area is 92.7 Å². The van der Waals surface area contributed by atoms with Crippen molar-refractivity contribution in [2.75, 3.05) is 13.6 Å². The molecule has 0 saturated carbocycles. The number of rotatable bonds is 5. The molecule has 0 aromatic heterocycles. The van der Waals surface area contributed by atoms with Gasteiger partial charge in [-0.3, -0.25) is 0 Å². The van der Waals surface area contributed by atoms with E-state index in [1.807, 2.05) is 6.92 Å². The lowest BCUT2D eigenvalue weighted by molar-refractivity contribution is 0.161. The molecule has 2 N–H and O–H groups in total. The van der Waals surface area contributed by atoms with E-state index in [9.17, 15) is 4.79 Å². The average molecular weight is 216 g/mol. The maximum absolute atomic E-state index is 11.6. The number of urea groups is 1. The third-order valence-corrected chi connectivity index (χ3v) is 2.58. The minimum Gasteiger partial charge on any atom is -0.393 e. The lowest BCUT2D eigenvalue weighted by Gasteiger charge is -2.23. The van der Waals surface area contributed by atoms with Gasteiger partial charge in [0.1, 0.15) is 0 Å². The number of aliphatic hydroxyl groups is 1.